The molecule has 1 atom stereocenters. The molecular weight excluding hydrogens is 414 g/mol. The number of carbonyl (C=O) groups is 2. The van der Waals surface area contributed by atoms with E-state index in [1.165, 1.54) is 0 Å². The van der Waals surface area contributed by atoms with Crippen molar-refractivity contribution >= 4 is 11.8 Å². The highest BCUT2D eigenvalue weighted by atomic mass is 16.5. The highest BCUT2D eigenvalue weighted by molar-refractivity contribution is 5.83. The molecule has 1 fully saturated rings. The van der Waals surface area contributed by atoms with Gasteiger partial charge in [0, 0.05) is 32.0 Å². The molecular formula is C27H29N3O3. The second-order valence-corrected chi connectivity index (χ2v) is 8.43. The van der Waals surface area contributed by atoms with Crippen LogP contribution in [0.1, 0.15) is 16.7 Å². The van der Waals surface area contributed by atoms with Crippen LogP contribution >= 0.6 is 0 Å². The van der Waals surface area contributed by atoms with Gasteiger partial charge in [-0.05, 0) is 60.2 Å². The quantitative estimate of drug-likeness (QED) is 0.632. The summed E-state index contributed by atoms with van der Waals surface area (Å²) in [5, 5.41) is 2.97. The fraction of sp³-hybridized carbons (Fsp3) is 0.296. The van der Waals surface area contributed by atoms with Crippen LogP contribution in [0.4, 0.5) is 0 Å². The average molecular weight is 444 g/mol. The van der Waals surface area contributed by atoms with Gasteiger partial charge in [0.15, 0.2) is 6.61 Å². The summed E-state index contributed by atoms with van der Waals surface area (Å²) in [6.45, 7) is 5.18. The summed E-state index contributed by atoms with van der Waals surface area (Å²) in [5.74, 6) is 0.282. The Labute approximate surface area is 194 Å². The Bertz CT molecular complexity index is 1110. The molecule has 0 bridgehead atoms. The Morgan fingerprint density at radius 2 is 1.79 bits per heavy atom. The zero-order valence-corrected chi connectivity index (χ0v) is 19.1. The lowest BCUT2D eigenvalue weighted by molar-refractivity contribution is -0.134. The molecule has 2 heterocycles. The third kappa shape index (κ3) is 5.40. The summed E-state index contributed by atoms with van der Waals surface area (Å²) in [4.78, 5) is 31.6. The SMILES string of the molecule is Cc1cccc(C)c1OCC(=O)N1CCNC(=O)[C@H](Cc2ccccc2-c2ccncc2)C1. The number of amides is 2. The lowest BCUT2D eigenvalue weighted by Gasteiger charge is -2.24. The van der Waals surface area contributed by atoms with E-state index in [9.17, 15) is 9.59 Å². The first-order valence-electron chi connectivity index (χ1n) is 11.3. The summed E-state index contributed by atoms with van der Waals surface area (Å²) in [5.41, 5.74) is 5.21. The maximum absolute atomic E-state index is 13.0. The van der Waals surface area contributed by atoms with E-state index in [1.807, 2.05) is 62.4 Å². The van der Waals surface area contributed by atoms with Crippen molar-refractivity contribution in [1.29, 1.82) is 0 Å². The molecule has 0 spiro atoms. The number of aromatic nitrogens is 1. The van der Waals surface area contributed by atoms with Crippen LogP contribution in [0.25, 0.3) is 11.1 Å². The van der Waals surface area contributed by atoms with Crippen LogP contribution in [0, 0.1) is 19.8 Å². The van der Waals surface area contributed by atoms with Crippen LogP contribution in [0.5, 0.6) is 5.75 Å². The molecule has 0 unspecified atom stereocenters. The molecule has 4 rings (SSSR count). The van der Waals surface area contributed by atoms with Crippen LogP contribution < -0.4 is 10.1 Å². The van der Waals surface area contributed by atoms with Crippen LogP contribution in [-0.4, -0.2) is 47.9 Å². The molecule has 33 heavy (non-hydrogen) atoms. The number of nitrogens with one attached hydrogen (secondary N) is 1. The van der Waals surface area contributed by atoms with Crippen molar-refractivity contribution in [1.82, 2.24) is 15.2 Å². The number of rotatable bonds is 6. The largest absolute Gasteiger partial charge is 0.483 e. The first kappa shape index (κ1) is 22.5. The molecule has 170 valence electrons. The number of benzene rings is 2. The third-order valence-corrected chi connectivity index (χ3v) is 6.07. The highest BCUT2D eigenvalue weighted by Crippen LogP contribution is 2.26. The van der Waals surface area contributed by atoms with Gasteiger partial charge in [0.1, 0.15) is 5.75 Å². The van der Waals surface area contributed by atoms with Crippen molar-refractivity contribution in [3.63, 3.8) is 0 Å². The predicted octanol–water partition coefficient (Wildman–Crippen LogP) is 3.56. The second kappa shape index (κ2) is 10.3. The molecule has 6 nitrogen and oxygen atoms in total. The van der Waals surface area contributed by atoms with Gasteiger partial charge in [0.2, 0.25) is 5.91 Å². The van der Waals surface area contributed by atoms with Crippen molar-refractivity contribution < 1.29 is 14.3 Å². The maximum atomic E-state index is 13.0. The Morgan fingerprint density at radius 3 is 2.55 bits per heavy atom. The van der Waals surface area contributed by atoms with E-state index in [2.05, 4.69) is 16.4 Å². The predicted molar refractivity (Wildman–Crippen MR) is 128 cm³/mol. The molecule has 2 amide bonds. The van der Waals surface area contributed by atoms with E-state index in [1.54, 1.807) is 17.3 Å². The van der Waals surface area contributed by atoms with Crippen LogP contribution in [0.2, 0.25) is 0 Å². The lowest BCUT2D eigenvalue weighted by atomic mass is 9.92. The lowest BCUT2D eigenvalue weighted by Crippen LogP contribution is -2.40. The Hall–Kier alpha value is -3.67. The van der Waals surface area contributed by atoms with E-state index in [0.29, 0.717) is 26.1 Å². The molecule has 1 N–H and O–H groups in total. The Kier molecular flexibility index (Phi) is 7.03. The summed E-state index contributed by atoms with van der Waals surface area (Å²) in [6.07, 6.45) is 4.08. The third-order valence-electron chi connectivity index (χ3n) is 6.07. The van der Waals surface area contributed by atoms with Crippen molar-refractivity contribution in [2.45, 2.75) is 20.3 Å². The van der Waals surface area contributed by atoms with Crippen molar-refractivity contribution in [3.05, 3.63) is 83.7 Å². The molecule has 0 saturated carbocycles. The monoisotopic (exact) mass is 443 g/mol. The van der Waals surface area contributed by atoms with Crippen LogP contribution in [0.15, 0.2) is 67.0 Å². The Morgan fingerprint density at radius 1 is 1.06 bits per heavy atom. The minimum absolute atomic E-state index is 0.0227. The number of hydrogen-bond donors (Lipinski definition) is 1. The minimum Gasteiger partial charge on any atom is -0.483 e. The standard InChI is InChI=1S/C27H29N3O3/c1-19-6-5-7-20(2)26(19)33-18-25(31)30-15-14-29-27(32)23(17-30)16-22-8-3-4-9-24(22)21-10-12-28-13-11-21/h3-13,23H,14-18H2,1-2H3,(H,29,32)/t23-/m1/s1. The average Bonchev–Trinajstić information content (AvgIpc) is 3.01. The molecule has 1 aliphatic rings. The molecule has 2 aromatic carbocycles. The molecule has 1 aromatic heterocycles. The number of carbonyl (C=O) groups excluding carboxylic acids is 2. The van der Waals surface area contributed by atoms with Gasteiger partial charge in [0.05, 0.1) is 5.92 Å². The molecule has 0 radical (unpaired) electrons. The fourth-order valence-corrected chi connectivity index (χ4v) is 4.31. The highest BCUT2D eigenvalue weighted by Gasteiger charge is 2.28. The normalized spacial score (nSPS) is 16.1. The molecule has 0 aliphatic carbocycles. The molecule has 1 saturated heterocycles. The van der Waals surface area contributed by atoms with Gasteiger partial charge in [0.25, 0.3) is 5.91 Å². The summed E-state index contributed by atoms with van der Waals surface area (Å²) < 4.78 is 5.88. The maximum Gasteiger partial charge on any atom is 0.260 e. The number of hydrogen-bond acceptors (Lipinski definition) is 4. The molecule has 3 aromatic rings. The number of pyridine rings is 1. The number of para-hydroxylation sites is 1. The van der Waals surface area contributed by atoms with Crippen molar-refractivity contribution in [3.8, 4) is 16.9 Å². The number of aryl methyl sites for hydroxylation is 2. The zero-order chi connectivity index (χ0) is 23.2. The van der Waals surface area contributed by atoms with Crippen LogP contribution in [-0.2, 0) is 16.0 Å². The van der Waals surface area contributed by atoms with E-state index in [4.69, 9.17) is 4.74 Å². The summed E-state index contributed by atoms with van der Waals surface area (Å²) in [6, 6.07) is 17.9. The van der Waals surface area contributed by atoms with Gasteiger partial charge in [-0.3, -0.25) is 14.6 Å². The minimum atomic E-state index is -0.334. The fourth-order valence-electron chi connectivity index (χ4n) is 4.31. The van der Waals surface area contributed by atoms with Gasteiger partial charge >= 0.3 is 0 Å². The summed E-state index contributed by atoms with van der Waals surface area (Å²) in [7, 11) is 0. The van der Waals surface area contributed by atoms with Gasteiger partial charge in [-0.15, -0.1) is 0 Å². The van der Waals surface area contributed by atoms with Gasteiger partial charge in [-0.2, -0.15) is 0 Å². The van der Waals surface area contributed by atoms with Gasteiger partial charge in [-0.1, -0.05) is 42.5 Å². The summed E-state index contributed by atoms with van der Waals surface area (Å²) >= 11 is 0. The number of ether oxygens (including phenoxy) is 1. The van der Waals surface area contributed by atoms with Crippen molar-refractivity contribution in [2.24, 2.45) is 5.92 Å². The van der Waals surface area contributed by atoms with E-state index < -0.39 is 0 Å². The van der Waals surface area contributed by atoms with Gasteiger partial charge in [-0.25, -0.2) is 0 Å². The Balaban J connectivity index is 1.48. The van der Waals surface area contributed by atoms with E-state index in [0.717, 1.165) is 33.6 Å². The van der Waals surface area contributed by atoms with Crippen molar-refractivity contribution in [2.75, 3.05) is 26.2 Å². The van der Waals surface area contributed by atoms with Crippen LogP contribution in [0.3, 0.4) is 0 Å². The van der Waals surface area contributed by atoms with E-state index >= 15 is 0 Å². The zero-order valence-electron chi connectivity index (χ0n) is 19.1. The first-order chi connectivity index (χ1) is 16.0. The molecule has 6 heteroatoms. The topological polar surface area (TPSA) is 71.5 Å². The smallest absolute Gasteiger partial charge is 0.260 e. The van der Waals surface area contributed by atoms with Gasteiger partial charge < -0.3 is 15.0 Å². The number of nitrogens with zero attached hydrogens (tertiary/aromatic N) is 2. The first-order valence-corrected chi connectivity index (χ1v) is 11.3. The molecule has 1 aliphatic heterocycles. The second-order valence-electron chi connectivity index (χ2n) is 8.43. The van der Waals surface area contributed by atoms with E-state index in [-0.39, 0.29) is 24.3 Å².